The van der Waals surface area contributed by atoms with E-state index in [1.54, 1.807) is 77.2 Å². The average Bonchev–Trinajstić information content (AvgIpc) is 3.05. The number of hydrogen-bond acceptors (Lipinski definition) is 8. The number of aromatic nitrogens is 2. The summed E-state index contributed by atoms with van der Waals surface area (Å²) in [6, 6.07) is 23.7. The molecular formula is C33H42N2O6. The molecule has 2 aromatic heterocycles. The number of Topliss-reactive ketones (excluding diaryl/α,β-unsaturated/α-hetero) is 1. The van der Waals surface area contributed by atoms with E-state index in [4.69, 9.17) is 20.3 Å². The van der Waals surface area contributed by atoms with Crippen LogP contribution in [0.25, 0.3) is 6.08 Å². The largest absolute Gasteiger partial charge is 0.497 e. The van der Waals surface area contributed by atoms with Crippen LogP contribution in [-0.4, -0.2) is 49.3 Å². The Morgan fingerprint density at radius 3 is 1.68 bits per heavy atom. The minimum Gasteiger partial charge on any atom is -0.497 e. The van der Waals surface area contributed by atoms with Crippen molar-refractivity contribution in [3.63, 3.8) is 0 Å². The summed E-state index contributed by atoms with van der Waals surface area (Å²) in [4.78, 5) is 18.5. The van der Waals surface area contributed by atoms with Gasteiger partial charge in [0.05, 0.1) is 34.1 Å². The molecule has 8 nitrogen and oxygen atoms in total. The predicted octanol–water partition coefficient (Wildman–Crippen LogP) is 7.11. The third-order valence-corrected chi connectivity index (χ3v) is 5.14. The number of ketones is 1. The van der Waals surface area contributed by atoms with Crippen LogP contribution in [0.5, 0.6) is 23.0 Å². The molecule has 0 fully saturated rings. The van der Waals surface area contributed by atoms with Gasteiger partial charge in [-0.05, 0) is 60.2 Å². The highest BCUT2D eigenvalue weighted by Gasteiger charge is 2.04. The fraction of sp³-hybridized carbons (Fsp3) is 0.242. The Morgan fingerprint density at radius 1 is 0.756 bits per heavy atom. The molecule has 0 spiro atoms. The zero-order valence-electron chi connectivity index (χ0n) is 24.8. The van der Waals surface area contributed by atoms with Gasteiger partial charge in [-0.3, -0.25) is 14.8 Å². The highest BCUT2D eigenvalue weighted by atomic mass is 16.5. The van der Waals surface area contributed by atoms with Crippen molar-refractivity contribution in [2.24, 2.45) is 0 Å². The maximum absolute atomic E-state index is 10.6. The summed E-state index contributed by atoms with van der Waals surface area (Å²) in [5, 5.41) is 10.0. The van der Waals surface area contributed by atoms with E-state index in [1.807, 2.05) is 54.6 Å². The van der Waals surface area contributed by atoms with E-state index in [9.17, 15) is 9.90 Å². The van der Waals surface area contributed by atoms with Crippen molar-refractivity contribution >= 4 is 11.9 Å². The number of methoxy groups -OCH3 is 4. The molecule has 0 saturated heterocycles. The summed E-state index contributed by atoms with van der Waals surface area (Å²) in [5.41, 5.74) is 2.02. The number of pyridine rings is 2. The molecule has 0 amide bonds. The van der Waals surface area contributed by atoms with E-state index in [-0.39, 0.29) is 13.2 Å². The molecule has 0 aliphatic carbocycles. The Balaban J connectivity index is 0.000000642. The molecule has 1 N–H and O–H groups in total. The molecule has 0 aliphatic heterocycles. The number of nitrogens with zero attached hydrogens (tertiary/aromatic N) is 2. The van der Waals surface area contributed by atoms with Gasteiger partial charge in [0.1, 0.15) is 34.8 Å². The quantitative estimate of drug-likeness (QED) is 0.226. The normalized spacial score (nSPS) is 10.4. The highest BCUT2D eigenvalue weighted by Crippen LogP contribution is 2.24. The van der Waals surface area contributed by atoms with Crippen LogP contribution in [0.2, 0.25) is 0 Å². The van der Waals surface area contributed by atoms with E-state index in [2.05, 4.69) is 9.97 Å². The van der Waals surface area contributed by atoms with Gasteiger partial charge in [-0.25, -0.2) is 0 Å². The third kappa shape index (κ3) is 13.3. The zero-order chi connectivity index (χ0) is 30.5. The van der Waals surface area contributed by atoms with Gasteiger partial charge in [0.25, 0.3) is 0 Å². The Bertz CT molecular complexity index is 1260. The van der Waals surface area contributed by atoms with Crippen LogP contribution in [0.4, 0.5) is 0 Å². The fourth-order valence-corrected chi connectivity index (χ4v) is 3.08. The van der Waals surface area contributed by atoms with Gasteiger partial charge in [0, 0.05) is 32.8 Å². The number of aliphatic hydroxyl groups is 1. The maximum atomic E-state index is 10.6. The number of carbonyl (C=O) groups excluding carboxylic acids is 1. The summed E-state index contributed by atoms with van der Waals surface area (Å²) < 4.78 is 26.1. The minimum atomic E-state index is -0.742. The van der Waals surface area contributed by atoms with Gasteiger partial charge in [0.2, 0.25) is 0 Å². The van der Waals surface area contributed by atoms with Crippen LogP contribution in [0.3, 0.4) is 0 Å². The van der Waals surface area contributed by atoms with Crippen molar-refractivity contribution < 1.29 is 30.2 Å². The van der Waals surface area contributed by atoms with Crippen molar-refractivity contribution in [1.82, 2.24) is 9.97 Å². The minimum absolute atomic E-state index is 0. The molecule has 2 aromatic carbocycles. The van der Waals surface area contributed by atoms with Gasteiger partial charge in [-0.15, -0.1) is 0 Å². The Hall–Kier alpha value is -4.69. The molecule has 220 valence electrons. The second-order valence-corrected chi connectivity index (χ2v) is 7.86. The zero-order valence-corrected chi connectivity index (χ0v) is 23.8. The first kappa shape index (κ1) is 34.3. The van der Waals surface area contributed by atoms with Crippen LogP contribution < -0.4 is 18.9 Å². The predicted molar refractivity (Wildman–Crippen MR) is 165 cm³/mol. The molecule has 8 heteroatoms. The topological polar surface area (TPSA) is 100 Å². The third-order valence-electron chi connectivity index (χ3n) is 5.14. The molecule has 0 aliphatic rings. The summed E-state index contributed by atoms with van der Waals surface area (Å²) in [6.07, 6.45) is 6.01. The number of benzene rings is 2. The smallest absolute Gasteiger partial charge is 0.178 e. The van der Waals surface area contributed by atoms with Crippen molar-refractivity contribution in [3.8, 4) is 23.0 Å². The molecule has 0 bridgehead atoms. The van der Waals surface area contributed by atoms with Gasteiger partial charge < -0.3 is 24.1 Å². The lowest BCUT2D eigenvalue weighted by atomic mass is 10.1. The van der Waals surface area contributed by atoms with Crippen LogP contribution in [0.15, 0.2) is 97.3 Å². The molecular weight excluding hydrogens is 520 g/mol. The Kier molecular flexibility index (Phi) is 17.0. The van der Waals surface area contributed by atoms with E-state index >= 15 is 0 Å². The molecule has 41 heavy (non-hydrogen) atoms. The fourth-order valence-electron chi connectivity index (χ4n) is 3.08. The number of ether oxygens (including phenoxy) is 4. The summed E-state index contributed by atoms with van der Waals surface area (Å²) >= 11 is 0. The second kappa shape index (κ2) is 20.2. The second-order valence-electron chi connectivity index (χ2n) is 7.86. The monoisotopic (exact) mass is 564 g/mol. The lowest BCUT2D eigenvalue weighted by Crippen LogP contribution is -1.95. The summed E-state index contributed by atoms with van der Waals surface area (Å²) in [6.45, 7) is 1.50. The van der Waals surface area contributed by atoms with E-state index in [0.717, 1.165) is 17.1 Å². The first-order chi connectivity index (χ1) is 19.9. The summed E-state index contributed by atoms with van der Waals surface area (Å²) in [5.74, 6) is 3.06. The Labute approximate surface area is 245 Å². The average molecular weight is 565 g/mol. The van der Waals surface area contributed by atoms with Gasteiger partial charge >= 0.3 is 0 Å². The van der Waals surface area contributed by atoms with Crippen molar-refractivity contribution in [2.45, 2.75) is 27.9 Å². The number of hydrogen-bond donors (Lipinski definition) is 1. The van der Waals surface area contributed by atoms with Crippen molar-refractivity contribution in [1.29, 1.82) is 0 Å². The Morgan fingerprint density at radius 2 is 1.27 bits per heavy atom. The standard InChI is InChI=1S/C16H17NO3.C8H10O2.C7H7NO.2CH4/c1-19-13-9-12(10-14(11-13)20-2)6-7-16(18)15-5-3-4-8-17-15;1-9-7-4-3-5-8(6-7)10-2;1-6(9)7-4-2-3-5-8-7;;/h3-11,16,18H,1-2H3;3-6H,1-2H3;2-5H,1H3;2*1H4/b7-6+;;;;/i;;;1T;. The van der Waals surface area contributed by atoms with Crippen LogP contribution in [0, 0.1) is 0 Å². The number of carbonyl (C=O) groups is 1. The molecule has 0 radical (unpaired) electrons. The van der Waals surface area contributed by atoms with E-state index in [1.165, 1.54) is 14.3 Å². The van der Waals surface area contributed by atoms with Crippen molar-refractivity contribution in [3.05, 3.63) is 114 Å². The highest BCUT2D eigenvalue weighted by molar-refractivity contribution is 5.91. The lowest BCUT2D eigenvalue weighted by Gasteiger charge is -2.07. The van der Waals surface area contributed by atoms with Crippen molar-refractivity contribution in [2.75, 3.05) is 28.4 Å². The molecule has 4 rings (SSSR count). The van der Waals surface area contributed by atoms with Gasteiger partial charge in [-0.1, -0.05) is 39.1 Å². The first-order valence-electron chi connectivity index (χ1n) is 13.0. The number of aliphatic hydroxyl groups excluding tert-OH is 1. The molecule has 1 atom stereocenters. The van der Waals surface area contributed by atoms with Gasteiger partial charge in [0.15, 0.2) is 5.78 Å². The SMILES string of the molecule is C.CC(=O)c1ccccn1.COc1cc(/C=C/C(O)c2ccccn2)cc(OC)c1.COc1cccc(OC)c1.[3H]C. The first-order valence-corrected chi connectivity index (χ1v) is 12.0. The van der Waals surface area contributed by atoms with E-state index in [0.29, 0.717) is 22.9 Å². The van der Waals surface area contributed by atoms with Gasteiger partial charge in [-0.2, -0.15) is 0 Å². The number of rotatable bonds is 8. The van der Waals surface area contributed by atoms with E-state index < -0.39 is 6.10 Å². The molecule has 2 heterocycles. The van der Waals surface area contributed by atoms with Crippen LogP contribution in [-0.2, 0) is 0 Å². The maximum Gasteiger partial charge on any atom is 0.178 e. The lowest BCUT2D eigenvalue weighted by molar-refractivity contribution is 0.101. The molecule has 0 saturated carbocycles. The van der Waals surface area contributed by atoms with Crippen LogP contribution in [0.1, 0.15) is 51.0 Å². The summed E-state index contributed by atoms with van der Waals surface area (Å²) in [7, 11) is 7.72. The van der Waals surface area contributed by atoms with Crippen LogP contribution >= 0.6 is 0 Å². The molecule has 4 aromatic rings. The molecule has 1 unspecified atom stereocenters.